The van der Waals surface area contributed by atoms with Crippen LogP contribution in [-0.2, 0) is 16.1 Å². The van der Waals surface area contributed by atoms with E-state index in [1.165, 1.54) is 0 Å². The molecular weight excluding hydrogens is 268 g/mol. The number of hydrogen-bond acceptors (Lipinski definition) is 4. The first-order chi connectivity index (χ1) is 10.1. The number of ether oxygens (including phenoxy) is 1. The SMILES string of the molecule is Cc1cccc2oc(CNC(=O)[C@@]3(C)CCCCO3)nc12. The molecule has 1 amide bonds. The third kappa shape index (κ3) is 2.78. The van der Waals surface area contributed by atoms with Crippen molar-refractivity contribution in [3.05, 3.63) is 29.7 Å². The van der Waals surface area contributed by atoms with Gasteiger partial charge in [0.25, 0.3) is 5.91 Å². The van der Waals surface area contributed by atoms with E-state index in [2.05, 4.69) is 10.3 Å². The summed E-state index contributed by atoms with van der Waals surface area (Å²) in [7, 11) is 0. The van der Waals surface area contributed by atoms with E-state index in [0.717, 1.165) is 35.9 Å². The molecule has 0 radical (unpaired) electrons. The maximum atomic E-state index is 12.3. The van der Waals surface area contributed by atoms with Gasteiger partial charge in [-0.1, -0.05) is 12.1 Å². The molecule has 0 spiro atoms. The predicted octanol–water partition coefficient (Wildman–Crippen LogP) is 2.71. The summed E-state index contributed by atoms with van der Waals surface area (Å²) >= 11 is 0. The quantitative estimate of drug-likeness (QED) is 0.943. The van der Waals surface area contributed by atoms with Gasteiger partial charge in [-0.15, -0.1) is 0 Å². The van der Waals surface area contributed by atoms with Crippen LogP contribution in [-0.4, -0.2) is 23.1 Å². The molecule has 21 heavy (non-hydrogen) atoms. The first-order valence-corrected chi connectivity index (χ1v) is 7.36. The number of nitrogens with zero attached hydrogens (tertiary/aromatic N) is 1. The van der Waals surface area contributed by atoms with Crippen molar-refractivity contribution < 1.29 is 13.9 Å². The summed E-state index contributed by atoms with van der Waals surface area (Å²) in [6.07, 6.45) is 2.80. The molecule has 5 heteroatoms. The summed E-state index contributed by atoms with van der Waals surface area (Å²) in [4.78, 5) is 16.7. The van der Waals surface area contributed by atoms with E-state index < -0.39 is 5.60 Å². The maximum Gasteiger partial charge on any atom is 0.252 e. The number of oxazole rings is 1. The molecule has 1 N–H and O–H groups in total. The van der Waals surface area contributed by atoms with Gasteiger partial charge in [-0.05, 0) is 44.7 Å². The van der Waals surface area contributed by atoms with E-state index in [-0.39, 0.29) is 12.5 Å². The molecule has 0 unspecified atom stereocenters. The third-order valence-electron chi connectivity index (χ3n) is 4.01. The molecule has 1 aliphatic rings. The minimum atomic E-state index is -0.722. The molecule has 1 saturated heterocycles. The van der Waals surface area contributed by atoms with Gasteiger partial charge in [0.05, 0.1) is 6.54 Å². The Labute approximate surface area is 123 Å². The number of amides is 1. The van der Waals surface area contributed by atoms with Crippen LogP contribution in [0, 0.1) is 6.92 Å². The average molecular weight is 288 g/mol. The Kier molecular flexibility index (Phi) is 3.68. The summed E-state index contributed by atoms with van der Waals surface area (Å²) < 4.78 is 11.3. The number of benzene rings is 1. The maximum absolute atomic E-state index is 12.3. The Bertz CT molecular complexity index is 657. The molecular formula is C16H20N2O3. The fourth-order valence-corrected chi connectivity index (χ4v) is 2.66. The molecule has 2 heterocycles. The number of para-hydroxylation sites is 1. The molecule has 0 bridgehead atoms. The van der Waals surface area contributed by atoms with Crippen LogP contribution in [0.25, 0.3) is 11.1 Å². The third-order valence-corrected chi connectivity index (χ3v) is 4.01. The smallest absolute Gasteiger partial charge is 0.252 e. The summed E-state index contributed by atoms with van der Waals surface area (Å²) in [5.41, 5.74) is 1.94. The van der Waals surface area contributed by atoms with Crippen molar-refractivity contribution in [2.45, 2.75) is 45.3 Å². The van der Waals surface area contributed by atoms with Gasteiger partial charge in [0.2, 0.25) is 5.89 Å². The van der Waals surface area contributed by atoms with E-state index in [0.29, 0.717) is 12.5 Å². The van der Waals surface area contributed by atoms with Crippen molar-refractivity contribution in [2.75, 3.05) is 6.61 Å². The lowest BCUT2D eigenvalue weighted by atomic mass is 9.95. The Morgan fingerprint density at radius 1 is 1.43 bits per heavy atom. The highest BCUT2D eigenvalue weighted by Crippen LogP contribution is 2.25. The second kappa shape index (κ2) is 5.48. The van der Waals surface area contributed by atoms with Gasteiger partial charge >= 0.3 is 0 Å². The molecule has 112 valence electrons. The van der Waals surface area contributed by atoms with Gasteiger partial charge in [-0.3, -0.25) is 4.79 Å². The van der Waals surface area contributed by atoms with Crippen LogP contribution in [0.1, 0.15) is 37.6 Å². The van der Waals surface area contributed by atoms with Crippen LogP contribution < -0.4 is 5.32 Å². The second-order valence-corrected chi connectivity index (χ2v) is 5.75. The fourth-order valence-electron chi connectivity index (χ4n) is 2.66. The number of carbonyl (C=O) groups excluding carboxylic acids is 1. The largest absolute Gasteiger partial charge is 0.439 e. The van der Waals surface area contributed by atoms with Crippen LogP contribution in [0.4, 0.5) is 0 Å². The molecule has 1 aromatic heterocycles. The number of aromatic nitrogens is 1. The molecule has 1 aromatic carbocycles. The van der Waals surface area contributed by atoms with Gasteiger partial charge < -0.3 is 14.5 Å². The Morgan fingerprint density at radius 3 is 3.00 bits per heavy atom. The monoisotopic (exact) mass is 288 g/mol. The lowest BCUT2D eigenvalue weighted by molar-refractivity contribution is -0.150. The summed E-state index contributed by atoms with van der Waals surface area (Å²) in [6.45, 7) is 4.76. The molecule has 1 aliphatic heterocycles. The highest BCUT2D eigenvalue weighted by Gasteiger charge is 2.35. The standard InChI is InChI=1S/C16H20N2O3/c1-11-6-5-7-12-14(11)18-13(21-12)10-17-15(19)16(2)8-3-4-9-20-16/h5-7H,3-4,8-10H2,1-2H3,(H,17,19)/t16-/m1/s1. The van der Waals surface area contributed by atoms with Crippen molar-refractivity contribution >= 4 is 17.0 Å². The van der Waals surface area contributed by atoms with Crippen molar-refractivity contribution in [2.24, 2.45) is 0 Å². The van der Waals surface area contributed by atoms with Gasteiger partial charge in [0, 0.05) is 6.61 Å². The average Bonchev–Trinajstić information content (AvgIpc) is 2.90. The van der Waals surface area contributed by atoms with Gasteiger partial charge in [-0.25, -0.2) is 4.98 Å². The number of carbonyl (C=O) groups is 1. The molecule has 3 rings (SSSR count). The molecule has 1 atom stereocenters. The van der Waals surface area contributed by atoms with Gasteiger partial charge in [0.15, 0.2) is 5.58 Å². The summed E-state index contributed by atoms with van der Waals surface area (Å²) in [5, 5.41) is 2.87. The first-order valence-electron chi connectivity index (χ1n) is 7.36. The Hall–Kier alpha value is -1.88. The zero-order valence-electron chi connectivity index (χ0n) is 12.4. The van der Waals surface area contributed by atoms with Crippen LogP contribution in [0.5, 0.6) is 0 Å². The predicted molar refractivity (Wildman–Crippen MR) is 78.8 cm³/mol. The zero-order chi connectivity index (χ0) is 14.9. The number of rotatable bonds is 3. The normalized spacial score (nSPS) is 22.4. The van der Waals surface area contributed by atoms with Crippen molar-refractivity contribution in [3.8, 4) is 0 Å². The molecule has 2 aromatic rings. The van der Waals surface area contributed by atoms with Crippen LogP contribution in [0.15, 0.2) is 22.6 Å². The highest BCUT2D eigenvalue weighted by molar-refractivity contribution is 5.84. The topological polar surface area (TPSA) is 64.4 Å². The van der Waals surface area contributed by atoms with Gasteiger partial charge in [-0.2, -0.15) is 0 Å². The van der Waals surface area contributed by atoms with E-state index in [1.807, 2.05) is 32.0 Å². The van der Waals surface area contributed by atoms with Crippen molar-refractivity contribution in [1.82, 2.24) is 10.3 Å². The van der Waals surface area contributed by atoms with E-state index in [9.17, 15) is 4.79 Å². The van der Waals surface area contributed by atoms with Crippen LogP contribution >= 0.6 is 0 Å². The second-order valence-electron chi connectivity index (χ2n) is 5.75. The van der Waals surface area contributed by atoms with Crippen LogP contribution in [0.3, 0.4) is 0 Å². The number of aryl methyl sites for hydroxylation is 1. The van der Waals surface area contributed by atoms with Crippen LogP contribution in [0.2, 0.25) is 0 Å². The first kappa shape index (κ1) is 14.1. The Morgan fingerprint density at radius 2 is 2.29 bits per heavy atom. The number of hydrogen-bond donors (Lipinski definition) is 1. The van der Waals surface area contributed by atoms with Gasteiger partial charge in [0.1, 0.15) is 11.1 Å². The molecule has 0 saturated carbocycles. The fraction of sp³-hybridized carbons (Fsp3) is 0.500. The minimum Gasteiger partial charge on any atom is -0.439 e. The summed E-state index contributed by atoms with van der Waals surface area (Å²) in [5.74, 6) is 0.424. The molecule has 1 fully saturated rings. The lowest BCUT2D eigenvalue weighted by Crippen LogP contribution is -2.48. The Balaban J connectivity index is 1.68. The minimum absolute atomic E-state index is 0.0961. The molecule has 5 nitrogen and oxygen atoms in total. The zero-order valence-corrected chi connectivity index (χ0v) is 12.4. The summed E-state index contributed by atoms with van der Waals surface area (Å²) in [6, 6.07) is 5.80. The number of fused-ring (bicyclic) bond motifs is 1. The molecule has 0 aliphatic carbocycles. The van der Waals surface area contributed by atoms with E-state index in [1.54, 1.807) is 0 Å². The van der Waals surface area contributed by atoms with Crippen molar-refractivity contribution in [3.63, 3.8) is 0 Å². The number of nitrogens with one attached hydrogen (secondary N) is 1. The highest BCUT2D eigenvalue weighted by atomic mass is 16.5. The van der Waals surface area contributed by atoms with E-state index >= 15 is 0 Å². The van der Waals surface area contributed by atoms with E-state index in [4.69, 9.17) is 9.15 Å². The lowest BCUT2D eigenvalue weighted by Gasteiger charge is -2.32. The van der Waals surface area contributed by atoms with Crippen molar-refractivity contribution in [1.29, 1.82) is 0 Å².